The summed E-state index contributed by atoms with van der Waals surface area (Å²) in [5, 5.41) is 8.48. The Labute approximate surface area is 93.3 Å². The summed E-state index contributed by atoms with van der Waals surface area (Å²) in [6.45, 7) is 5.86. The van der Waals surface area contributed by atoms with Crippen molar-refractivity contribution < 1.29 is 5.11 Å². The van der Waals surface area contributed by atoms with E-state index in [9.17, 15) is 0 Å². The summed E-state index contributed by atoms with van der Waals surface area (Å²) >= 11 is 0. The number of aliphatic hydroxyl groups is 1. The van der Waals surface area contributed by atoms with E-state index in [0.29, 0.717) is 0 Å². The molecule has 2 nitrogen and oxygen atoms in total. The number of likely N-dealkylation sites (tertiary alicyclic amines) is 1. The van der Waals surface area contributed by atoms with Crippen LogP contribution in [0.1, 0.15) is 39.0 Å². The van der Waals surface area contributed by atoms with Gasteiger partial charge in [-0.05, 0) is 51.8 Å². The molecule has 0 unspecified atom stereocenters. The Morgan fingerprint density at radius 1 is 1.20 bits per heavy atom. The molecule has 86 valence electrons. The van der Waals surface area contributed by atoms with E-state index in [1.807, 2.05) is 0 Å². The van der Waals surface area contributed by atoms with Crippen molar-refractivity contribution in [3.05, 3.63) is 24.0 Å². The van der Waals surface area contributed by atoms with E-state index in [0.717, 1.165) is 25.6 Å². The Hall–Kier alpha value is -0.760. The summed E-state index contributed by atoms with van der Waals surface area (Å²) in [7, 11) is 0. The van der Waals surface area contributed by atoms with Crippen LogP contribution >= 0.6 is 0 Å². The smallest absolute Gasteiger partial charge is 0.0751 e. The zero-order valence-electron chi connectivity index (χ0n) is 9.78. The third-order valence-electron chi connectivity index (χ3n) is 2.85. The van der Waals surface area contributed by atoms with Crippen molar-refractivity contribution >= 4 is 0 Å². The number of hydrogen-bond acceptors (Lipinski definition) is 2. The van der Waals surface area contributed by atoms with E-state index >= 15 is 0 Å². The maximum Gasteiger partial charge on any atom is 0.0751 e. The molecule has 1 saturated heterocycles. The Morgan fingerprint density at radius 2 is 1.93 bits per heavy atom. The molecule has 0 aromatic heterocycles. The first-order valence-corrected chi connectivity index (χ1v) is 6.00. The number of piperidine rings is 1. The molecule has 0 aromatic carbocycles. The van der Waals surface area contributed by atoms with Gasteiger partial charge in [-0.3, -0.25) is 4.90 Å². The third-order valence-corrected chi connectivity index (χ3v) is 2.85. The first-order valence-electron chi connectivity index (χ1n) is 6.00. The lowest BCUT2D eigenvalue weighted by Gasteiger charge is -2.26. The molecule has 1 aliphatic heterocycles. The van der Waals surface area contributed by atoms with Crippen LogP contribution in [0.3, 0.4) is 0 Å². The molecule has 1 fully saturated rings. The number of nitrogens with zero attached hydrogens (tertiary/aromatic N) is 1. The molecule has 0 bridgehead atoms. The lowest BCUT2D eigenvalue weighted by molar-refractivity contribution is 0.246. The van der Waals surface area contributed by atoms with Crippen LogP contribution in [0.5, 0.6) is 0 Å². The van der Waals surface area contributed by atoms with Crippen molar-refractivity contribution in [1.29, 1.82) is 0 Å². The van der Waals surface area contributed by atoms with Crippen molar-refractivity contribution in [2.24, 2.45) is 0 Å². The van der Waals surface area contributed by atoms with Crippen molar-refractivity contribution in [3.63, 3.8) is 0 Å². The lowest BCUT2D eigenvalue weighted by atomic mass is 10.1. The maximum absolute atomic E-state index is 8.48. The molecule has 0 aromatic rings. The molecule has 1 N–H and O–H groups in total. The molecule has 0 atom stereocenters. The minimum absolute atomic E-state index is 0.938. The number of unbranched alkanes of at least 4 members (excludes halogenated alkanes) is 1. The molecule has 15 heavy (non-hydrogen) atoms. The minimum atomic E-state index is 0.938. The van der Waals surface area contributed by atoms with Gasteiger partial charge >= 0.3 is 0 Å². The Morgan fingerprint density at radius 3 is 2.60 bits per heavy atom. The molecule has 0 aliphatic carbocycles. The molecular formula is C13H23NO. The normalized spacial score (nSPS) is 19.9. The fraction of sp³-hybridized carbons (Fsp3) is 0.692. The average Bonchev–Trinajstić information content (AvgIpc) is 2.26. The van der Waals surface area contributed by atoms with Gasteiger partial charge in [0.2, 0.25) is 0 Å². The van der Waals surface area contributed by atoms with Crippen LogP contribution in [0.15, 0.2) is 24.0 Å². The van der Waals surface area contributed by atoms with Gasteiger partial charge in [-0.1, -0.05) is 18.1 Å². The van der Waals surface area contributed by atoms with Crippen LogP contribution in [0.2, 0.25) is 0 Å². The molecule has 0 amide bonds. The topological polar surface area (TPSA) is 23.5 Å². The van der Waals surface area contributed by atoms with E-state index in [1.54, 1.807) is 6.08 Å². The van der Waals surface area contributed by atoms with Crippen molar-refractivity contribution in [2.75, 3.05) is 19.6 Å². The Kier molecular flexibility index (Phi) is 6.17. The van der Waals surface area contributed by atoms with Gasteiger partial charge in [0.25, 0.3) is 0 Å². The van der Waals surface area contributed by atoms with Gasteiger partial charge < -0.3 is 5.11 Å². The first kappa shape index (κ1) is 12.3. The predicted octanol–water partition coefficient (Wildman–Crippen LogP) is 3.27. The highest BCUT2D eigenvalue weighted by molar-refractivity contribution is 5.01. The molecule has 0 radical (unpaired) electrons. The largest absolute Gasteiger partial charge is 0.516 e. The van der Waals surface area contributed by atoms with Crippen LogP contribution in [0.25, 0.3) is 0 Å². The zero-order chi connectivity index (χ0) is 10.9. The number of hydrogen-bond donors (Lipinski definition) is 1. The fourth-order valence-electron chi connectivity index (χ4n) is 2.04. The summed E-state index contributed by atoms with van der Waals surface area (Å²) in [5.41, 5.74) is 1.46. The van der Waals surface area contributed by atoms with Crippen LogP contribution in [-0.2, 0) is 0 Å². The van der Waals surface area contributed by atoms with Crippen LogP contribution in [-0.4, -0.2) is 29.6 Å². The lowest BCUT2D eigenvalue weighted by Crippen LogP contribution is -2.31. The number of aliphatic hydroxyl groups excluding tert-OH is 1. The highest BCUT2D eigenvalue weighted by Crippen LogP contribution is 2.11. The van der Waals surface area contributed by atoms with E-state index in [2.05, 4.69) is 17.9 Å². The molecular weight excluding hydrogens is 186 g/mol. The SMILES string of the molecule is C/C(=C\CC/C=C/O)CN1CCCCC1. The second kappa shape index (κ2) is 7.52. The average molecular weight is 209 g/mol. The molecule has 2 heteroatoms. The van der Waals surface area contributed by atoms with Crippen LogP contribution in [0, 0.1) is 0 Å². The van der Waals surface area contributed by atoms with Gasteiger partial charge in [0.15, 0.2) is 0 Å². The van der Waals surface area contributed by atoms with Gasteiger partial charge in [0, 0.05) is 6.54 Å². The van der Waals surface area contributed by atoms with Gasteiger partial charge in [0.05, 0.1) is 6.26 Å². The Balaban J connectivity index is 2.17. The number of allylic oxidation sites excluding steroid dienone is 2. The molecule has 1 aliphatic rings. The quantitative estimate of drug-likeness (QED) is 0.427. The minimum Gasteiger partial charge on any atom is -0.516 e. The molecule has 0 spiro atoms. The first-order chi connectivity index (χ1) is 7.33. The van der Waals surface area contributed by atoms with Crippen molar-refractivity contribution in [2.45, 2.75) is 39.0 Å². The second-order valence-corrected chi connectivity index (χ2v) is 4.35. The van der Waals surface area contributed by atoms with E-state index in [4.69, 9.17) is 5.11 Å². The highest BCUT2D eigenvalue weighted by atomic mass is 16.2. The highest BCUT2D eigenvalue weighted by Gasteiger charge is 2.09. The summed E-state index contributed by atoms with van der Waals surface area (Å²) in [5.74, 6) is 0. The molecule has 1 rings (SSSR count). The van der Waals surface area contributed by atoms with Gasteiger partial charge in [-0.2, -0.15) is 0 Å². The van der Waals surface area contributed by atoms with Gasteiger partial charge in [-0.25, -0.2) is 0 Å². The van der Waals surface area contributed by atoms with Crippen molar-refractivity contribution in [1.82, 2.24) is 4.90 Å². The summed E-state index contributed by atoms with van der Waals surface area (Å²) in [4.78, 5) is 2.54. The fourth-order valence-corrected chi connectivity index (χ4v) is 2.04. The van der Waals surface area contributed by atoms with Gasteiger partial charge in [0.1, 0.15) is 0 Å². The summed E-state index contributed by atoms with van der Waals surface area (Å²) in [6.07, 6.45) is 11.3. The third kappa shape index (κ3) is 5.63. The predicted molar refractivity (Wildman–Crippen MR) is 65.1 cm³/mol. The van der Waals surface area contributed by atoms with E-state index in [1.165, 1.54) is 37.9 Å². The number of rotatable bonds is 5. The van der Waals surface area contributed by atoms with Crippen molar-refractivity contribution in [3.8, 4) is 0 Å². The monoisotopic (exact) mass is 209 g/mol. The standard InChI is InChI=1S/C13H23NO/c1-13(8-4-2-7-11-15)12-14-9-5-3-6-10-14/h7-8,11,15H,2-6,9-10,12H2,1H3/b11-7+,13-8+. The summed E-state index contributed by atoms with van der Waals surface area (Å²) in [6, 6.07) is 0. The maximum atomic E-state index is 8.48. The second-order valence-electron chi connectivity index (χ2n) is 4.35. The molecule has 1 heterocycles. The van der Waals surface area contributed by atoms with Crippen LogP contribution in [0.4, 0.5) is 0 Å². The summed E-state index contributed by atoms with van der Waals surface area (Å²) < 4.78 is 0. The zero-order valence-corrected chi connectivity index (χ0v) is 9.78. The van der Waals surface area contributed by atoms with E-state index < -0.39 is 0 Å². The van der Waals surface area contributed by atoms with E-state index in [-0.39, 0.29) is 0 Å². The Bertz CT molecular complexity index is 215. The van der Waals surface area contributed by atoms with Crippen LogP contribution < -0.4 is 0 Å². The molecule has 0 saturated carbocycles. The van der Waals surface area contributed by atoms with Gasteiger partial charge in [-0.15, -0.1) is 0 Å².